The monoisotopic (exact) mass is 479 g/mol. The number of aromatic nitrogens is 4. The van der Waals surface area contributed by atoms with E-state index in [1.54, 1.807) is 31.9 Å². The third kappa shape index (κ3) is 4.15. The Morgan fingerprint density at radius 3 is 2.47 bits per heavy atom. The van der Waals surface area contributed by atoms with Crippen LogP contribution in [0.1, 0.15) is 41.6 Å². The lowest BCUT2D eigenvalue weighted by molar-refractivity contribution is -0.138. The summed E-state index contributed by atoms with van der Waals surface area (Å²) in [5.74, 6) is 0.111. The van der Waals surface area contributed by atoms with Crippen molar-refractivity contribution in [1.82, 2.24) is 19.9 Å². The van der Waals surface area contributed by atoms with E-state index < -0.39 is 5.97 Å². The van der Waals surface area contributed by atoms with Gasteiger partial charge in [-0.05, 0) is 41.5 Å². The van der Waals surface area contributed by atoms with Crippen LogP contribution in [0.25, 0.3) is 22.4 Å². The quantitative estimate of drug-likeness (QED) is 0.385. The fraction of sp³-hybridized carbons (Fsp3) is 0.250. The zero-order valence-electron chi connectivity index (χ0n) is 19.8. The minimum atomic E-state index is -0.758. The summed E-state index contributed by atoms with van der Waals surface area (Å²) in [6, 6.07) is 15.0. The molecule has 6 rings (SSSR count). The molecule has 0 spiro atoms. The molecule has 0 saturated heterocycles. The molecule has 180 valence electrons. The van der Waals surface area contributed by atoms with Crippen molar-refractivity contribution in [3.63, 3.8) is 0 Å². The number of hydrogen-bond acceptors (Lipinski definition) is 7. The fourth-order valence-electron chi connectivity index (χ4n) is 5.04. The zero-order valence-corrected chi connectivity index (χ0v) is 19.8. The maximum Gasteiger partial charge on any atom is 0.307 e. The van der Waals surface area contributed by atoms with Crippen molar-refractivity contribution in [2.24, 2.45) is 5.92 Å². The second kappa shape index (κ2) is 9.03. The lowest BCUT2D eigenvalue weighted by atomic mass is 9.95. The number of nitrogens with zero attached hydrogens (tertiary/aromatic N) is 4. The summed E-state index contributed by atoms with van der Waals surface area (Å²) in [4.78, 5) is 28.8. The number of nitrogens with one attached hydrogen (secondary N) is 1. The first-order chi connectivity index (χ1) is 17.6. The summed E-state index contributed by atoms with van der Waals surface area (Å²) < 4.78 is 5.09. The van der Waals surface area contributed by atoms with Crippen molar-refractivity contribution in [2.75, 3.05) is 12.4 Å². The lowest BCUT2D eigenvalue weighted by Gasteiger charge is -2.16. The van der Waals surface area contributed by atoms with Crippen LogP contribution in [-0.2, 0) is 11.2 Å². The Morgan fingerprint density at radius 2 is 1.81 bits per heavy atom. The number of anilines is 1. The van der Waals surface area contributed by atoms with E-state index >= 15 is 0 Å². The molecule has 4 aromatic rings. The van der Waals surface area contributed by atoms with Gasteiger partial charge in [-0.2, -0.15) is 0 Å². The zero-order chi connectivity index (χ0) is 24.6. The maximum atomic E-state index is 11.1. The Kier molecular flexibility index (Phi) is 5.56. The van der Waals surface area contributed by atoms with Crippen LogP contribution < -0.4 is 10.1 Å². The first-order valence-electron chi connectivity index (χ1n) is 12.0. The molecule has 3 atom stereocenters. The normalized spacial score (nSPS) is 20.0. The number of carbonyl (C=O) groups is 1. The number of hydrogen-bond donors (Lipinski definition) is 2. The molecule has 36 heavy (non-hydrogen) atoms. The van der Waals surface area contributed by atoms with Crippen LogP contribution in [0, 0.1) is 5.92 Å². The third-order valence-corrected chi connectivity index (χ3v) is 7.08. The molecule has 2 aliphatic rings. The van der Waals surface area contributed by atoms with E-state index in [2.05, 4.69) is 67.7 Å². The van der Waals surface area contributed by atoms with Gasteiger partial charge in [0.25, 0.3) is 0 Å². The molecule has 2 N–H and O–H groups in total. The third-order valence-electron chi connectivity index (χ3n) is 7.08. The number of rotatable bonds is 7. The van der Waals surface area contributed by atoms with Crippen molar-refractivity contribution in [2.45, 2.75) is 31.2 Å². The summed E-state index contributed by atoms with van der Waals surface area (Å²) in [5.41, 5.74) is 7.58. The van der Waals surface area contributed by atoms with Gasteiger partial charge in [0.05, 0.1) is 55.2 Å². The second-order valence-corrected chi connectivity index (χ2v) is 9.24. The molecule has 8 heteroatoms. The Hall–Kier alpha value is -4.33. The van der Waals surface area contributed by atoms with Gasteiger partial charge in [0.2, 0.25) is 5.88 Å². The van der Waals surface area contributed by atoms with Gasteiger partial charge in [-0.3, -0.25) is 9.78 Å². The summed E-state index contributed by atoms with van der Waals surface area (Å²) >= 11 is 0. The van der Waals surface area contributed by atoms with Crippen LogP contribution in [0.5, 0.6) is 5.88 Å². The van der Waals surface area contributed by atoms with Gasteiger partial charge in [0.1, 0.15) is 5.82 Å². The summed E-state index contributed by atoms with van der Waals surface area (Å²) in [6.45, 7) is 0. The molecule has 1 saturated carbocycles. The number of ether oxygens (including phenoxy) is 1. The maximum absolute atomic E-state index is 11.1. The Balaban J connectivity index is 1.18. The van der Waals surface area contributed by atoms with Crippen molar-refractivity contribution in [1.29, 1.82) is 0 Å². The second-order valence-electron chi connectivity index (χ2n) is 9.24. The van der Waals surface area contributed by atoms with Crippen LogP contribution >= 0.6 is 0 Å². The van der Waals surface area contributed by atoms with Crippen LogP contribution in [0.3, 0.4) is 0 Å². The largest absolute Gasteiger partial charge is 0.481 e. The molecule has 0 bridgehead atoms. The highest BCUT2D eigenvalue weighted by Crippen LogP contribution is 2.46. The summed E-state index contributed by atoms with van der Waals surface area (Å²) in [7, 11) is 1.58. The molecule has 0 amide bonds. The van der Waals surface area contributed by atoms with E-state index in [-0.39, 0.29) is 17.9 Å². The Labute approximate surface area is 208 Å². The molecular formula is C28H25N5O3. The van der Waals surface area contributed by atoms with Crippen LogP contribution in [0.2, 0.25) is 0 Å². The molecule has 1 fully saturated rings. The van der Waals surface area contributed by atoms with E-state index in [1.807, 2.05) is 0 Å². The summed E-state index contributed by atoms with van der Waals surface area (Å²) in [5, 5.41) is 12.7. The molecule has 0 aliphatic heterocycles. The Bertz CT molecular complexity index is 1410. The molecule has 0 radical (unpaired) electrons. The minimum Gasteiger partial charge on any atom is -0.481 e. The SMILES string of the molecule is COc1cnc(-c2ccc(-c3cccc4c3CC[C@H]4Nc3cnc([C@@H]4C[C@H]4C(=O)O)cn3)cc2)cn1. The van der Waals surface area contributed by atoms with Gasteiger partial charge in [0.15, 0.2) is 0 Å². The number of methoxy groups -OCH3 is 1. The highest BCUT2D eigenvalue weighted by molar-refractivity contribution is 5.75. The fourth-order valence-corrected chi connectivity index (χ4v) is 5.04. The average molecular weight is 480 g/mol. The van der Waals surface area contributed by atoms with E-state index in [0.717, 1.165) is 29.8 Å². The van der Waals surface area contributed by atoms with E-state index in [9.17, 15) is 4.79 Å². The molecular weight excluding hydrogens is 454 g/mol. The van der Waals surface area contributed by atoms with Gasteiger partial charge in [-0.15, -0.1) is 0 Å². The first kappa shape index (κ1) is 22.2. The molecule has 2 aromatic heterocycles. The smallest absolute Gasteiger partial charge is 0.307 e. The first-order valence-corrected chi connectivity index (χ1v) is 12.0. The number of carboxylic acid groups (broad SMARTS) is 1. The average Bonchev–Trinajstić information content (AvgIpc) is 3.64. The van der Waals surface area contributed by atoms with Crippen LogP contribution in [-0.4, -0.2) is 38.1 Å². The van der Waals surface area contributed by atoms with Gasteiger partial charge < -0.3 is 15.2 Å². The number of aliphatic carboxylic acids is 1. The number of carboxylic acids is 1. The molecule has 2 heterocycles. The minimum absolute atomic E-state index is 0.0121. The lowest BCUT2D eigenvalue weighted by Crippen LogP contribution is -2.09. The van der Waals surface area contributed by atoms with Crippen LogP contribution in [0.15, 0.2) is 67.3 Å². The van der Waals surface area contributed by atoms with Gasteiger partial charge >= 0.3 is 5.97 Å². The number of fused-ring (bicyclic) bond motifs is 1. The van der Waals surface area contributed by atoms with E-state index in [4.69, 9.17) is 9.84 Å². The van der Waals surface area contributed by atoms with E-state index in [1.165, 1.54) is 22.3 Å². The predicted molar refractivity (Wildman–Crippen MR) is 135 cm³/mol. The van der Waals surface area contributed by atoms with Crippen molar-refractivity contribution >= 4 is 11.8 Å². The molecule has 8 nitrogen and oxygen atoms in total. The summed E-state index contributed by atoms with van der Waals surface area (Å²) in [6.07, 6.45) is 9.35. The van der Waals surface area contributed by atoms with Gasteiger partial charge in [-0.1, -0.05) is 42.5 Å². The van der Waals surface area contributed by atoms with E-state index in [0.29, 0.717) is 18.1 Å². The highest BCUT2D eigenvalue weighted by atomic mass is 16.5. The molecule has 2 aromatic carbocycles. The highest BCUT2D eigenvalue weighted by Gasteiger charge is 2.45. The topological polar surface area (TPSA) is 110 Å². The standard InChI is InChI=1S/C28H25N5O3/c1-36-27-15-30-24(12-32-27)17-7-5-16(6-8-17)18-3-2-4-20-19(18)9-10-23(20)33-26-14-29-25(13-31-26)21-11-22(21)28(34)35/h2-8,12-15,21-23H,9-11H2,1H3,(H,31,33)(H,34,35)/t21-,22-,23-/m1/s1. The Morgan fingerprint density at radius 1 is 0.972 bits per heavy atom. The molecule has 0 unspecified atom stereocenters. The van der Waals surface area contributed by atoms with Crippen LogP contribution in [0.4, 0.5) is 5.82 Å². The predicted octanol–water partition coefficient (Wildman–Crippen LogP) is 4.90. The van der Waals surface area contributed by atoms with Gasteiger partial charge in [0, 0.05) is 11.5 Å². The van der Waals surface area contributed by atoms with Gasteiger partial charge in [-0.25, -0.2) is 15.0 Å². The van der Waals surface area contributed by atoms with Crippen molar-refractivity contribution in [3.8, 4) is 28.3 Å². The van der Waals surface area contributed by atoms with Crippen molar-refractivity contribution in [3.05, 3.63) is 84.1 Å². The molecule has 2 aliphatic carbocycles. The van der Waals surface area contributed by atoms with Crippen molar-refractivity contribution < 1.29 is 14.6 Å². The number of benzene rings is 2.